The molecule has 0 N–H and O–H groups in total. The summed E-state index contributed by atoms with van der Waals surface area (Å²) in [5.41, 5.74) is 0. The van der Waals surface area contributed by atoms with Gasteiger partial charge in [0.15, 0.2) is 6.29 Å². The van der Waals surface area contributed by atoms with Crippen molar-refractivity contribution in [3.05, 3.63) is 12.2 Å². The molecule has 53 valence electrons. The van der Waals surface area contributed by atoms with Gasteiger partial charge in [-0.3, -0.25) is 4.79 Å². The number of fused-ring (bicyclic) bond motifs is 2. The summed E-state index contributed by atoms with van der Waals surface area (Å²) in [4.78, 5) is 10.1. The van der Waals surface area contributed by atoms with Crippen LogP contribution in [0.4, 0.5) is 0 Å². The second kappa shape index (κ2) is 2.22. The number of carbonyl (C=O) groups excluding carboxylic acids is 1. The third kappa shape index (κ3) is 0.808. The van der Waals surface area contributed by atoms with Crippen LogP contribution in [0, 0.1) is 17.8 Å². The predicted octanol–water partition coefficient (Wildman–Crippen LogP) is 1.70. The zero-order valence-electron chi connectivity index (χ0n) is 5.92. The van der Waals surface area contributed by atoms with E-state index in [4.69, 9.17) is 0 Å². The Hall–Kier alpha value is -0.590. The fraction of sp³-hybridized carbons (Fsp3) is 0.667. The maximum Gasteiger partial charge on any atom is 0.198 e. The zero-order chi connectivity index (χ0) is 6.97. The van der Waals surface area contributed by atoms with Crippen LogP contribution in [0.1, 0.15) is 19.3 Å². The fourth-order valence-corrected chi connectivity index (χ4v) is 2.24. The van der Waals surface area contributed by atoms with Crippen molar-refractivity contribution in [2.45, 2.75) is 19.3 Å². The van der Waals surface area contributed by atoms with Crippen molar-refractivity contribution in [1.82, 2.24) is 0 Å². The first-order chi connectivity index (χ1) is 4.90. The SMILES string of the molecule is O=[C]CC1CC2C=CC1C2. The first-order valence-electron chi connectivity index (χ1n) is 3.93. The molecule has 0 aromatic heterocycles. The molecule has 0 spiro atoms. The maximum absolute atomic E-state index is 10.1. The van der Waals surface area contributed by atoms with Gasteiger partial charge in [-0.25, -0.2) is 0 Å². The second-order valence-electron chi connectivity index (χ2n) is 3.39. The van der Waals surface area contributed by atoms with Gasteiger partial charge in [-0.1, -0.05) is 12.2 Å². The van der Waals surface area contributed by atoms with Crippen LogP contribution >= 0.6 is 0 Å². The van der Waals surface area contributed by atoms with Crippen molar-refractivity contribution in [2.75, 3.05) is 0 Å². The van der Waals surface area contributed by atoms with E-state index in [0.29, 0.717) is 18.3 Å². The summed E-state index contributed by atoms with van der Waals surface area (Å²) in [7, 11) is 0. The Bertz CT molecular complexity index is 172. The summed E-state index contributed by atoms with van der Waals surface area (Å²) < 4.78 is 0. The van der Waals surface area contributed by atoms with Crippen molar-refractivity contribution in [2.24, 2.45) is 17.8 Å². The van der Waals surface area contributed by atoms with Gasteiger partial charge >= 0.3 is 0 Å². The summed E-state index contributed by atoms with van der Waals surface area (Å²) in [6.45, 7) is 0. The molecule has 10 heavy (non-hydrogen) atoms. The average molecular weight is 135 g/mol. The highest BCUT2D eigenvalue weighted by molar-refractivity contribution is 5.51. The average Bonchev–Trinajstić information content (AvgIpc) is 2.48. The molecular weight excluding hydrogens is 124 g/mol. The lowest BCUT2D eigenvalue weighted by molar-refractivity contribution is 0.446. The van der Waals surface area contributed by atoms with Crippen molar-refractivity contribution in [3.8, 4) is 0 Å². The molecule has 0 saturated heterocycles. The van der Waals surface area contributed by atoms with E-state index >= 15 is 0 Å². The van der Waals surface area contributed by atoms with Gasteiger partial charge in [0.05, 0.1) is 0 Å². The third-order valence-electron chi connectivity index (χ3n) is 2.76. The molecule has 0 aliphatic heterocycles. The minimum atomic E-state index is 0.632. The van der Waals surface area contributed by atoms with Gasteiger partial charge in [0.1, 0.15) is 0 Å². The van der Waals surface area contributed by atoms with Crippen LogP contribution in [0.5, 0.6) is 0 Å². The third-order valence-corrected chi connectivity index (χ3v) is 2.76. The molecule has 2 rings (SSSR count). The monoisotopic (exact) mass is 135 g/mol. The molecule has 1 radical (unpaired) electrons. The van der Waals surface area contributed by atoms with Gasteiger partial charge in [-0.05, 0) is 30.6 Å². The lowest BCUT2D eigenvalue weighted by Gasteiger charge is -2.13. The summed E-state index contributed by atoms with van der Waals surface area (Å²) in [6.07, 6.45) is 9.77. The molecule has 2 bridgehead atoms. The summed E-state index contributed by atoms with van der Waals surface area (Å²) in [5, 5.41) is 0. The highest BCUT2D eigenvalue weighted by Crippen LogP contribution is 2.44. The molecule has 1 saturated carbocycles. The Morgan fingerprint density at radius 1 is 1.40 bits per heavy atom. The largest absolute Gasteiger partial charge is 0.291 e. The van der Waals surface area contributed by atoms with Crippen molar-refractivity contribution < 1.29 is 4.79 Å². The highest BCUT2D eigenvalue weighted by Gasteiger charge is 2.34. The summed E-state index contributed by atoms with van der Waals surface area (Å²) in [6, 6.07) is 0. The highest BCUT2D eigenvalue weighted by atomic mass is 16.1. The summed E-state index contributed by atoms with van der Waals surface area (Å²) in [5.74, 6) is 2.14. The van der Waals surface area contributed by atoms with Crippen LogP contribution in [-0.2, 0) is 4.79 Å². The quantitative estimate of drug-likeness (QED) is 0.527. The Kier molecular flexibility index (Phi) is 1.37. The maximum atomic E-state index is 10.1. The Morgan fingerprint density at radius 3 is 2.80 bits per heavy atom. The van der Waals surface area contributed by atoms with Crippen LogP contribution in [-0.4, -0.2) is 6.29 Å². The molecular formula is C9H11O. The van der Waals surface area contributed by atoms with E-state index in [-0.39, 0.29) is 0 Å². The van der Waals surface area contributed by atoms with E-state index in [1.807, 2.05) is 6.29 Å². The molecule has 2 aliphatic rings. The van der Waals surface area contributed by atoms with Crippen LogP contribution in [0.2, 0.25) is 0 Å². The predicted molar refractivity (Wildman–Crippen MR) is 39.2 cm³/mol. The van der Waals surface area contributed by atoms with Gasteiger partial charge in [-0.2, -0.15) is 0 Å². The van der Waals surface area contributed by atoms with Crippen molar-refractivity contribution in [3.63, 3.8) is 0 Å². The van der Waals surface area contributed by atoms with Crippen LogP contribution in [0.25, 0.3) is 0 Å². The van der Waals surface area contributed by atoms with E-state index in [0.717, 1.165) is 5.92 Å². The normalized spacial score (nSPS) is 42.6. The molecule has 2 aliphatic carbocycles. The zero-order valence-corrected chi connectivity index (χ0v) is 5.92. The van der Waals surface area contributed by atoms with Crippen molar-refractivity contribution >= 4 is 6.29 Å². The number of hydrogen-bond donors (Lipinski definition) is 0. The first-order valence-corrected chi connectivity index (χ1v) is 3.93. The molecule has 0 heterocycles. The van der Waals surface area contributed by atoms with Crippen molar-refractivity contribution in [1.29, 1.82) is 0 Å². The van der Waals surface area contributed by atoms with E-state index in [1.54, 1.807) is 0 Å². The number of rotatable bonds is 2. The van der Waals surface area contributed by atoms with E-state index in [9.17, 15) is 4.79 Å². The van der Waals surface area contributed by atoms with Crippen LogP contribution in [0.15, 0.2) is 12.2 Å². The van der Waals surface area contributed by atoms with Crippen LogP contribution < -0.4 is 0 Å². The molecule has 3 unspecified atom stereocenters. The standard InChI is InChI=1S/C9H11O/c10-4-3-9-6-7-1-2-8(9)5-7/h1-2,7-9H,3,5-6H2. The number of hydrogen-bond acceptors (Lipinski definition) is 1. The molecule has 3 atom stereocenters. The van der Waals surface area contributed by atoms with Gasteiger partial charge in [-0.15, -0.1) is 0 Å². The topological polar surface area (TPSA) is 17.1 Å². The number of allylic oxidation sites excluding steroid dienone is 2. The first kappa shape index (κ1) is 6.14. The second-order valence-corrected chi connectivity index (χ2v) is 3.39. The summed E-state index contributed by atoms with van der Waals surface area (Å²) >= 11 is 0. The molecule has 1 heteroatoms. The lowest BCUT2D eigenvalue weighted by Crippen LogP contribution is -2.06. The minimum Gasteiger partial charge on any atom is -0.291 e. The van der Waals surface area contributed by atoms with Crippen LogP contribution in [0.3, 0.4) is 0 Å². The Balaban J connectivity index is 2.02. The smallest absolute Gasteiger partial charge is 0.198 e. The van der Waals surface area contributed by atoms with E-state index in [2.05, 4.69) is 12.2 Å². The van der Waals surface area contributed by atoms with Gasteiger partial charge in [0.2, 0.25) is 0 Å². The van der Waals surface area contributed by atoms with E-state index < -0.39 is 0 Å². The Morgan fingerprint density at radius 2 is 2.30 bits per heavy atom. The fourth-order valence-electron chi connectivity index (χ4n) is 2.24. The molecule has 1 fully saturated rings. The molecule has 1 nitrogen and oxygen atoms in total. The van der Waals surface area contributed by atoms with Gasteiger partial charge in [0, 0.05) is 6.42 Å². The molecule has 0 aromatic rings. The lowest BCUT2D eigenvalue weighted by atomic mass is 9.91. The Labute approximate surface area is 61.1 Å². The van der Waals surface area contributed by atoms with E-state index in [1.165, 1.54) is 12.8 Å². The van der Waals surface area contributed by atoms with Gasteiger partial charge in [0.25, 0.3) is 0 Å². The minimum absolute atomic E-state index is 0.632. The van der Waals surface area contributed by atoms with Gasteiger partial charge < -0.3 is 0 Å². The molecule has 0 amide bonds. The molecule has 0 aromatic carbocycles.